The summed E-state index contributed by atoms with van der Waals surface area (Å²) in [6.45, 7) is 15.8. The first-order valence-corrected chi connectivity index (χ1v) is 10.00. The molecule has 0 spiro atoms. The number of piperidine rings is 1. The van der Waals surface area contributed by atoms with Gasteiger partial charge >= 0.3 is 0 Å². The highest BCUT2D eigenvalue weighted by Crippen LogP contribution is 2.19. The Hall–Kier alpha value is -1.14. The summed E-state index contributed by atoms with van der Waals surface area (Å²) in [6, 6.07) is 0.646. The molecule has 0 aliphatic carbocycles. The highest BCUT2D eigenvalue weighted by molar-refractivity contribution is 7.11. The lowest BCUT2D eigenvalue weighted by Gasteiger charge is -2.35. The van der Waals surface area contributed by atoms with E-state index in [1.165, 1.54) is 30.8 Å². The van der Waals surface area contributed by atoms with Crippen LogP contribution >= 0.6 is 11.3 Å². The predicted molar refractivity (Wildman–Crippen MR) is 104 cm³/mol. The highest BCUT2D eigenvalue weighted by Gasteiger charge is 2.21. The Morgan fingerprint density at radius 1 is 1.38 bits per heavy atom. The molecule has 1 aliphatic rings. The van der Waals surface area contributed by atoms with Crippen molar-refractivity contribution >= 4 is 17.3 Å². The van der Waals surface area contributed by atoms with Crippen molar-refractivity contribution in [1.29, 1.82) is 0 Å². The molecule has 24 heavy (non-hydrogen) atoms. The number of aryl methyl sites for hydroxylation is 2. The van der Waals surface area contributed by atoms with Gasteiger partial charge in [0.25, 0.3) is 0 Å². The summed E-state index contributed by atoms with van der Waals surface area (Å²) in [5.74, 6) is 1.63. The second kappa shape index (κ2) is 9.37. The Morgan fingerprint density at radius 3 is 2.79 bits per heavy atom. The minimum Gasteiger partial charge on any atom is -0.357 e. The van der Waals surface area contributed by atoms with Gasteiger partial charge in [-0.1, -0.05) is 0 Å². The molecule has 1 unspecified atom stereocenters. The molecular formula is C18H33N5S. The molecule has 0 amide bonds. The van der Waals surface area contributed by atoms with E-state index in [-0.39, 0.29) is 0 Å². The van der Waals surface area contributed by atoms with Gasteiger partial charge in [0.15, 0.2) is 5.96 Å². The van der Waals surface area contributed by atoms with Crippen LogP contribution in [0.2, 0.25) is 0 Å². The average molecular weight is 352 g/mol. The van der Waals surface area contributed by atoms with Crippen LogP contribution in [-0.4, -0.2) is 48.1 Å². The normalized spacial score (nSPS) is 19.8. The highest BCUT2D eigenvalue weighted by atomic mass is 32.1. The summed E-state index contributed by atoms with van der Waals surface area (Å²) in [5, 5.41) is 8.02. The zero-order valence-corrected chi connectivity index (χ0v) is 16.7. The first-order chi connectivity index (χ1) is 11.5. The molecular weight excluding hydrogens is 318 g/mol. The Morgan fingerprint density at radius 2 is 2.17 bits per heavy atom. The van der Waals surface area contributed by atoms with Crippen molar-refractivity contribution in [3.63, 3.8) is 0 Å². The summed E-state index contributed by atoms with van der Waals surface area (Å²) in [7, 11) is 0. The Bertz CT molecular complexity index is 538. The Balaban J connectivity index is 1.88. The number of rotatable bonds is 6. The number of nitrogens with zero attached hydrogens (tertiary/aromatic N) is 3. The largest absolute Gasteiger partial charge is 0.357 e. The lowest BCUT2D eigenvalue weighted by molar-refractivity contribution is 0.141. The molecule has 1 saturated heterocycles. The number of nitrogens with one attached hydrogen (secondary N) is 2. The summed E-state index contributed by atoms with van der Waals surface area (Å²) in [6.07, 6.45) is 2.61. The topological polar surface area (TPSA) is 52.6 Å². The molecule has 5 nitrogen and oxygen atoms in total. The Labute approximate surface area is 151 Å². The summed E-state index contributed by atoms with van der Waals surface area (Å²) in [4.78, 5) is 13.1. The third-order valence-corrected chi connectivity index (χ3v) is 5.62. The van der Waals surface area contributed by atoms with E-state index in [1.807, 2.05) is 0 Å². The van der Waals surface area contributed by atoms with Crippen LogP contribution in [0.3, 0.4) is 0 Å². The smallest absolute Gasteiger partial charge is 0.191 e. The van der Waals surface area contributed by atoms with Crippen LogP contribution in [0.25, 0.3) is 0 Å². The van der Waals surface area contributed by atoms with Crippen molar-refractivity contribution in [3.05, 3.63) is 15.6 Å². The molecule has 2 N–H and O–H groups in total. The third kappa shape index (κ3) is 5.74. The van der Waals surface area contributed by atoms with E-state index in [0.717, 1.165) is 29.8 Å². The molecule has 0 aromatic carbocycles. The first-order valence-electron chi connectivity index (χ1n) is 9.18. The van der Waals surface area contributed by atoms with Crippen LogP contribution in [0.15, 0.2) is 4.99 Å². The fourth-order valence-corrected chi connectivity index (χ4v) is 4.05. The van der Waals surface area contributed by atoms with Crippen molar-refractivity contribution in [2.45, 2.75) is 60.0 Å². The van der Waals surface area contributed by atoms with E-state index in [1.54, 1.807) is 11.3 Å². The number of aliphatic imine (C=N–C) groups is 1. The van der Waals surface area contributed by atoms with E-state index in [2.05, 4.69) is 55.1 Å². The van der Waals surface area contributed by atoms with Gasteiger partial charge in [-0.05, 0) is 59.9 Å². The number of aromatic nitrogens is 1. The zero-order chi connectivity index (χ0) is 17.5. The van der Waals surface area contributed by atoms with Gasteiger partial charge < -0.3 is 15.5 Å². The molecule has 0 radical (unpaired) electrons. The van der Waals surface area contributed by atoms with Crippen LogP contribution in [-0.2, 0) is 6.54 Å². The van der Waals surface area contributed by atoms with Crippen molar-refractivity contribution in [2.75, 3.05) is 26.2 Å². The SMILES string of the molecule is CCNC(=NCc1sc(C)nc1C)NCC1CCCN(C(C)C)C1. The van der Waals surface area contributed by atoms with Gasteiger partial charge in [0.2, 0.25) is 0 Å². The average Bonchev–Trinajstić information content (AvgIpc) is 2.88. The van der Waals surface area contributed by atoms with Crippen molar-refractivity contribution < 1.29 is 0 Å². The maximum Gasteiger partial charge on any atom is 0.191 e. The van der Waals surface area contributed by atoms with Crippen LogP contribution in [0.5, 0.6) is 0 Å². The minimum absolute atomic E-state index is 0.646. The molecule has 2 heterocycles. The van der Waals surface area contributed by atoms with Crippen LogP contribution in [0.1, 0.15) is 49.2 Å². The number of hydrogen-bond donors (Lipinski definition) is 2. The molecule has 1 aliphatic heterocycles. The van der Waals surface area contributed by atoms with Crippen molar-refractivity contribution in [3.8, 4) is 0 Å². The standard InChI is InChI=1S/C18H33N5S/c1-6-19-18(21-11-17-14(4)22-15(5)24-17)20-10-16-8-7-9-23(12-16)13(2)3/h13,16H,6-12H2,1-5H3,(H2,19,20,21). The number of hydrogen-bond acceptors (Lipinski definition) is 4. The quantitative estimate of drug-likeness (QED) is 0.611. The van der Waals surface area contributed by atoms with Crippen molar-refractivity contribution in [2.24, 2.45) is 10.9 Å². The van der Waals surface area contributed by atoms with Gasteiger partial charge in [0.1, 0.15) is 0 Å². The summed E-state index contributed by atoms with van der Waals surface area (Å²) < 4.78 is 0. The van der Waals surface area contributed by atoms with Crippen LogP contribution < -0.4 is 10.6 Å². The van der Waals surface area contributed by atoms with E-state index in [9.17, 15) is 0 Å². The molecule has 136 valence electrons. The molecule has 0 bridgehead atoms. The molecule has 6 heteroatoms. The van der Waals surface area contributed by atoms with Gasteiger partial charge in [-0.3, -0.25) is 0 Å². The van der Waals surface area contributed by atoms with E-state index in [0.29, 0.717) is 18.5 Å². The fraction of sp³-hybridized carbons (Fsp3) is 0.778. The predicted octanol–water partition coefficient (Wildman–Crippen LogP) is 2.94. The van der Waals surface area contributed by atoms with E-state index in [4.69, 9.17) is 4.99 Å². The summed E-state index contributed by atoms with van der Waals surface area (Å²) in [5.41, 5.74) is 1.11. The monoisotopic (exact) mass is 351 g/mol. The second-order valence-corrected chi connectivity index (χ2v) is 8.20. The molecule has 1 fully saturated rings. The second-order valence-electron chi connectivity index (χ2n) is 6.91. The van der Waals surface area contributed by atoms with Crippen molar-refractivity contribution in [1.82, 2.24) is 20.5 Å². The van der Waals surface area contributed by atoms with E-state index < -0.39 is 0 Å². The minimum atomic E-state index is 0.646. The summed E-state index contributed by atoms with van der Waals surface area (Å²) >= 11 is 1.74. The van der Waals surface area contributed by atoms with Crippen LogP contribution in [0.4, 0.5) is 0 Å². The van der Waals surface area contributed by atoms with Gasteiger partial charge in [-0.15, -0.1) is 11.3 Å². The van der Waals surface area contributed by atoms with E-state index >= 15 is 0 Å². The molecule has 1 aromatic rings. The maximum atomic E-state index is 4.75. The first kappa shape index (κ1) is 19.2. The Kier molecular flexibility index (Phi) is 7.49. The molecule has 2 rings (SSSR count). The fourth-order valence-electron chi connectivity index (χ4n) is 3.19. The number of likely N-dealkylation sites (tertiary alicyclic amines) is 1. The van der Waals surface area contributed by atoms with Gasteiger partial charge in [0, 0.05) is 30.6 Å². The molecule has 0 saturated carbocycles. The zero-order valence-electron chi connectivity index (χ0n) is 15.9. The lowest BCUT2D eigenvalue weighted by Crippen LogP contribution is -2.46. The third-order valence-electron chi connectivity index (χ3n) is 4.56. The molecule has 1 aromatic heterocycles. The van der Waals surface area contributed by atoms with Gasteiger partial charge in [-0.2, -0.15) is 0 Å². The number of thiazole rings is 1. The maximum absolute atomic E-state index is 4.75. The molecule has 1 atom stereocenters. The van der Waals surface area contributed by atoms with Gasteiger partial charge in [-0.25, -0.2) is 9.98 Å². The lowest BCUT2D eigenvalue weighted by atomic mass is 9.97. The van der Waals surface area contributed by atoms with Crippen LogP contribution in [0, 0.1) is 19.8 Å². The van der Waals surface area contributed by atoms with Gasteiger partial charge in [0.05, 0.1) is 17.2 Å². The number of guanidine groups is 1.